The third kappa shape index (κ3) is 8.19. The summed E-state index contributed by atoms with van der Waals surface area (Å²) in [6.45, 7) is 1.85. The van der Waals surface area contributed by atoms with Gasteiger partial charge in [-0.15, -0.1) is 0 Å². The molecule has 3 aromatic rings. The van der Waals surface area contributed by atoms with E-state index in [1.165, 1.54) is 4.90 Å². The van der Waals surface area contributed by atoms with E-state index in [1.807, 2.05) is 49.4 Å². The fourth-order valence-electron chi connectivity index (χ4n) is 4.03. The van der Waals surface area contributed by atoms with Crippen LogP contribution in [0.2, 0.25) is 0 Å². The van der Waals surface area contributed by atoms with E-state index >= 15 is 0 Å². The van der Waals surface area contributed by atoms with E-state index in [1.54, 1.807) is 43.5 Å². The Morgan fingerprint density at radius 1 is 0.974 bits per heavy atom. The number of likely N-dealkylation sites (N-methyl/N-ethyl adjacent to an activating group) is 1. The molecule has 0 saturated heterocycles. The summed E-state index contributed by atoms with van der Waals surface area (Å²) in [5.74, 6) is -0.194. The van der Waals surface area contributed by atoms with Gasteiger partial charge in [0.15, 0.2) is 0 Å². The minimum absolute atomic E-state index is 0.0922. The Morgan fingerprint density at radius 2 is 1.63 bits per heavy atom. The van der Waals surface area contributed by atoms with Gasteiger partial charge in [0.25, 0.3) is 0 Å². The molecule has 0 aromatic heterocycles. The number of nitrogens with zero attached hydrogens (tertiary/aromatic N) is 2. The number of rotatable bonds is 12. The van der Waals surface area contributed by atoms with E-state index in [2.05, 4.69) is 27.9 Å². The van der Waals surface area contributed by atoms with Gasteiger partial charge in [0.2, 0.25) is 21.8 Å². The van der Waals surface area contributed by atoms with Crippen LogP contribution in [0.15, 0.2) is 78.9 Å². The second-order valence-corrected chi connectivity index (χ2v) is 11.9. The van der Waals surface area contributed by atoms with Crippen molar-refractivity contribution in [1.82, 2.24) is 10.2 Å². The van der Waals surface area contributed by atoms with Crippen molar-refractivity contribution in [2.75, 3.05) is 30.8 Å². The number of ether oxygens (including phenoxy) is 1. The average Bonchev–Trinajstić information content (AvgIpc) is 2.90. The molecular weight excluding hydrogens is 617 g/mol. The normalized spacial score (nSPS) is 11.9. The first kappa shape index (κ1) is 29.4. The molecule has 8 nitrogen and oxygen atoms in total. The maximum absolute atomic E-state index is 13.9. The molecule has 0 fully saturated rings. The van der Waals surface area contributed by atoms with Crippen molar-refractivity contribution >= 4 is 50.1 Å². The summed E-state index contributed by atoms with van der Waals surface area (Å²) in [7, 11) is -2.24. The van der Waals surface area contributed by atoms with Crippen LogP contribution < -0.4 is 14.4 Å². The summed E-state index contributed by atoms with van der Waals surface area (Å²) in [6.07, 6.45) is 1.33. The summed E-state index contributed by atoms with van der Waals surface area (Å²) >= 11 is 2.13. The molecule has 38 heavy (non-hydrogen) atoms. The summed E-state index contributed by atoms with van der Waals surface area (Å²) in [4.78, 5) is 28.7. The lowest BCUT2D eigenvalue weighted by atomic mass is 10.0. The Kier molecular flexibility index (Phi) is 10.5. The summed E-state index contributed by atoms with van der Waals surface area (Å²) < 4.78 is 32.9. The molecule has 0 spiro atoms. The van der Waals surface area contributed by atoms with Crippen LogP contribution in [0.4, 0.5) is 5.69 Å². The Labute approximate surface area is 238 Å². The van der Waals surface area contributed by atoms with E-state index < -0.39 is 28.5 Å². The van der Waals surface area contributed by atoms with Gasteiger partial charge in [0, 0.05) is 23.1 Å². The third-order valence-corrected chi connectivity index (χ3v) is 7.76. The molecule has 1 N–H and O–H groups in total. The maximum Gasteiger partial charge on any atom is 0.244 e. The monoisotopic (exact) mass is 649 g/mol. The third-order valence-electron chi connectivity index (χ3n) is 5.90. The molecule has 202 valence electrons. The van der Waals surface area contributed by atoms with Crippen LogP contribution >= 0.6 is 22.6 Å². The van der Waals surface area contributed by atoms with Crippen molar-refractivity contribution in [3.8, 4) is 5.75 Å². The Hall–Kier alpha value is -3.12. The second kappa shape index (κ2) is 13.6. The van der Waals surface area contributed by atoms with E-state index in [-0.39, 0.29) is 18.9 Å². The second-order valence-electron chi connectivity index (χ2n) is 8.72. The number of benzene rings is 3. The van der Waals surface area contributed by atoms with Crippen LogP contribution in [0.5, 0.6) is 5.75 Å². The number of hydrogen-bond acceptors (Lipinski definition) is 5. The molecule has 0 heterocycles. The van der Waals surface area contributed by atoms with Crippen molar-refractivity contribution in [2.24, 2.45) is 0 Å². The van der Waals surface area contributed by atoms with E-state index in [9.17, 15) is 18.0 Å². The van der Waals surface area contributed by atoms with Crippen LogP contribution in [-0.2, 0) is 32.6 Å². The number of amides is 2. The van der Waals surface area contributed by atoms with Crippen molar-refractivity contribution < 1.29 is 22.7 Å². The van der Waals surface area contributed by atoms with Gasteiger partial charge in [-0.25, -0.2) is 8.42 Å². The molecule has 0 aliphatic rings. The van der Waals surface area contributed by atoms with Gasteiger partial charge >= 0.3 is 0 Å². The van der Waals surface area contributed by atoms with Crippen LogP contribution in [0.25, 0.3) is 0 Å². The van der Waals surface area contributed by atoms with Crippen molar-refractivity contribution in [1.29, 1.82) is 0 Å². The van der Waals surface area contributed by atoms with E-state index in [0.29, 0.717) is 18.0 Å². The molecule has 3 aromatic carbocycles. The number of hydrogen-bond donors (Lipinski definition) is 1. The zero-order chi connectivity index (χ0) is 27.7. The highest BCUT2D eigenvalue weighted by Crippen LogP contribution is 2.22. The first-order chi connectivity index (χ1) is 18.1. The smallest absolute Gasteiger partial charge is 0.244 e. The average molecular weight is 650 g/mol. The molecule has 1 atom stereocenters. The highest BCUT2D eigenvalue weighted by Gasteiger charge is 2.32. The van der Waals surface area contributed by atoms with Crippen molar-refractivity contribution in [3.05, 3.63) is 93.6 Å². The van der Waals surface area contributed by atoms with E-state index in [0.717, 1.165) is 25.3 Å². The predicted molar refractivity (Wildman–Crippen MR) is 158 cm³/mol. The van der Waals surface area contributed by atoms with Gasteiger partial charge in [-0.05, 0) is 77.0 Å². The number of carbonyl (C=O) groups excluding carboxylic acids is 2. The maximum atomic E-state index is 13.9. The number of nitrogens with one attached hydrogen (secondary N) is 1. The first-order valence-corrected chi connectivity index (χ1v) is 15.0. The minimum Gasteiger partial charge on any atom is -0.497 e. The van der Waals surface area contributed by atoms with Crippen LogP contribution in [-0.4, -0.2) is 57.6 Å². The lowest BCUT2D eigenvalue weighted by molar-refractivity contribution is -0.140. The molecule has 0 aliphatic carbocycles. The summed E-state index contributed by atoms with van der Waals surface area (Å²) in [5, 5.41) is 2.84. The molecule has 0 bridgehead atoms. The van der Waals surface area contributed by atoms with E-state index in [4.69, 9.17) is 4.74 Å². The zero-order valence-electron chi connectivity index (χ0n) is 21.6. The molecular formula is C28H32IN3O5S. The lowest BCUT2D eigenvalue weighted by Gasteiger charge is -2.33. The van der Waals surface area contributed by atoms with Crippen LogP contribution in [0.3, 0.4) is 0 Å². The molecule has 0 radical (unpaired) electrons. The minimum atomic E-state index is -3.80. The molecule has 2 amide bonds. The number of sulfonamides is 1. The van der Waals surface area contributed by atoms with Gasteiger partial charge < -0.3 is 15.0 Å². The first-order valence-electron chi connectivity index (χ1n) is 12.1. The van der Waals surface area contributed by atoms with Crippen molar-refractivity contribution in [3.63, 3.8) is 0 Å². The fourth-order valence-corrected chi connectivity index (χ4v) is 5.24. The van der Waals surface area contributed by atoms with Crippen LogP contribution in [0.1, 0.15) is 18.1 Å². The van der Waals surface area contributed by atoms with Gasteiger partial charge in [-0.2, -0.15) is 0 Å². The standard InChI is InChI=1S/C28H32IN3O5S/c1-4-30-28(34)26(18-21-9-6-5-7-10-21)31(19-22-11-8-12-25(17-22)37-2)27(33)20-32(38(3,35)36)24-15-13-23(29)14-16-24/h5-17,26H,4,18-20H2,1-3H3,(H,30,34)/t26-/m0/s1. The largest absolute Gasteiger partial charge is 0.497 e. The Morgan fingerprint density at radius 3 is 2.24 bits per heavy atom. The summed E-state index contributed by atoms with van der Waals surface area (Å²) in [6, 6.07) is 22.7. The molecule has 0 saturated carbocycles. The summed E-state index contributed by atoms with van der Waals surface area (Å²) in [5.41, 5.74) is 2.00. The number of halogens is 1. The molecule has 3 rings (SSSR count). The predicted octanol–water partition coefficient (Wildman–Crippen LogP) is 3.84. The van der Waals surface area contributed by atoms with Gasteiger partial charge in [-0.3, -0.25) is 13.9 Å². The van der Waals surface area contributed by atoms with Gasteiger partial charge in [-0.1, -0.05) is 42.5 Å². The Bertz CT molecular complexity index is 1330. The van der Waals surface area contributed by atoms with Gasteiger partial charge in [0.1, 0.15) is 18.3 Å². The molecule has 10 heteroatoms. The quantitative estimate of drug-likeness (QED) is 0.301. The number of methoxy groups -OCH3 is 1. The van der Waals surface area contributed by atoms with Crippen LogP contribution in [0, 0.1) is 3.57 Å². The molecule has 0 unspecified atom stereocenters. The number of carbonyl (C=O) groups is 2. The lowest BCUT2D eigenvalue weighted by Crippen LogP contribution is -2.53. The van der Waals surface area contributed by atoms with Gasteiger partial charge in [0.05, 0.1) is 19.1 Å². The number of anilines is 1. The van der Waals surface area contributed by atoms with Crippen molar-refractivity contribution in [2.45, 2.75) is 25.9 Å². The molecule has 0 aliphatic heterocycles. The topological polar surface area (TPSA) is 96.0 Å². The Balaban J connectivity index is 2.04. The zero-order valence-corrected chi connectivity index (χ0v) is 24.6. The SMILES string of the molecule is CCNC(=O)[C@H](Cc1ccccc1)N(Cc1cccc(OC)c1)C(=O)CN(c1ccc(I)cc1)S(C)(=O)=O. The highest BCUT2D eigenvalue weighted by atomic mass is 127. The highest BCUT2D eigenvalue weighted by molar-refractivity contribution is 14.1. The fraction of sp³-hybridized carbons (Fsp3) is 0.286.